The molecule has 1 aromatic rings. The molecule has 1 aliphatic heterocycles. The number of benzene rings is 1. The van der Waals surface area contributed by atoms with Crippen molar-refractivity contribution in [2.24, 2.45) is 0 Å². The van der Waals surface area contributed by atoms with Gasteiger partial charge >= 0.3 is 0 Å². The van der Waals surface area contributed by atoms with Crippen LogP contribution in [0.5, 0.6) is 0 Å². The minimum atomic E-state index is -3.27. The predicted octanol–water partition coefficient (Wildman–Crippen LogP) is 1.57. The molecular formula is C14H23N3O2S. The first-order valence-electron chi connectivity index (χ1n) is 7.03. The van der Waals surface area contributed by atoms with E-state index in [4.69, 9.17) is 5.73 Å². The summed E-state index contributed by atoms with van der Waals surface area (Å²) < 4.78 is 23.2. The Labute approximate surface area is 121 Å². The van der Waals surface area contributed by atoms with Gasteiger partial charge in [0, 0.05) is 12.8 Å². The molecule has 0 aliphatic carbocycles. The largest absolute Gasteiger partial charge is 0.396 e. The van der Waals surface area contributed by atoms with E-state index in [1.165, 1.54) is 32.2 Å². The van der Waals surface area contributed by atoms with Crippen molar-refractivity contribution in [3.05, 3.63) is 18.2 Å². The van der Waals surface area contributed by atoms with E-state index >= 15 is 0 Å². The molecule has 5 nitrogen and oxygen atoms in total. The fourth-order valence-electron chi connectivity index (χ4n) is 2.55. The van der Waals surface area contributed by atoms with Crippen LogP contribution in [0, 0.1) is 0 Å². The molecule has 3 N–H and O–H groups in total. The zero-order valence-electron chi connectivity index (χ0n) is 11.9. The van der Waals surface area contributed by atoms with Gasteiger partial charge in [-0.25, -0.2) is 8.42 Å². The van der Waals surface area contributed by atoms with Crippen LogP contribution in [0.1, 0.15) is 19.3 Å². The summed E-state index contributed by atoms with van der Waals surface area (Å²) in [7, 11) is -3.27. The number of para-hydroxylation sites is 1. The van der Waals surface area contributed by atoms with Crippen molar-refractivity contribution in [3.63, 3.8) is 0 Å². The molecule has 1 fully saturated rings. The van der Waals surface area contributed by atoms with Crippen molar-refractivity contribution in [1.82, 2.24) is 4.90 Å². The Kier molecular flexibility index (Phi) is 4.88. The summed E-state index contributed by atoms with van der Waals surface area (Å²) in [5.74, 6) is 0. The van der Waals surface area contributed by atoms with Gasteiger partial charge in [0.15, 0.2) is 9.84 Å². The summed E-state index contributed by atoms with van der Waals surface area (Å²) in [6, 6.07) is 5.08. The second-order valence-electron chi connectivity index (χ2n) is 5.32. The zero-order valence-corrected chi connectivity index (χ0v) is 12.7. The van der Waals surface area contributed by atoms with Crippen molar-refractivity contribution in [2.45, 2.75) is 24.2 Å². The maximum Gasteiger partial charge on any atom is 0.177 e. The summed E-state index contributed by atoms with van der Waals surface area (Å²) in [5.41, 5.74) is 6.94. The number of hydrogen-bond acceptors (Lipinski definition) is 5. The molecule has 20 heavy (non-hydrogen) atoms. The van der Waals surface area contributed by atoms with E-state index < -0.39 is 9.84 Å². The second-order valence-corrected chi connectivity index (χ2v) is 7.30. The van der Waals surface area contributed by atoms with Crippen molar-refractivity contribution in [3.8, 4) is 0 Å². The Morgan fingerprint density at radius 2 is 2.00 bits per heavy atom. The van der Waals surface area contributed by atoms with E-state index in [0.29, 0.717) is 11.4 Å². The molecule has 0 unspecified atom stereocenters. The maximum atomic E-state index is 11.6. The molecule has 1 aromatic carbocycles. The smallest absolute Gasteiger partial charge is 0.177 e. The molecule has 0 atom stereocenters. The average molecular weight is 297 g/mol. The van der Waals surface area contributed by atoms with Crippen molar-refractivity contribution in [2.75, 3.05) is 43.5 Å². The second kappa shape index (κ2) is 6.45. The number of nitrogens with two attached hydrogens (primary N) is 1. The molecule has 112 valence electrons. The molecule has 2 rings (SSSR count). The van der Waals surface area contributed by atoms with Gasteiger partial charge in [0.25, 0.3) is 0 Å². The Morgan fingerprint density at radius 3 is 2.65 bits per heavy atom. The Bertz CT molecular complexity index is 552. The van der Waals surface area contributed by atoms with Crippen molar-refractivity contribution >= 4 is 21.2 Å². The number of rotatable bonds is 6. The third-order valence-corrected chi connectivity index (χ3v) is 4.79. The van der Waals surface area contributed by atoms with Crippen LogP contribution in [0.2, 0.25) is 0 Å². The third-order valence-electron chi connectivity index (χ3n) is 3.63. The highest BCUT2D eigenvalue weighted by Gasteiger charge is 2.14. The van der Waals surface area contributed by atoms with Gasteiger partial charge in [-0.15, -0.1) is 0 Å². The zero-order chi connectivity index (χ0) is 14.6. The lowest BCUT2D eigenvalue weighted by Crippen LogP contribution is -2.22. The van der Waals surface area contributed by atoms with E-state index in [0.717, 1.165) is 19.5 Å². The number of nitrogens with zero attached hydrogens (tertiary/aromatic N) is 1. The summed E-state index contributed by atoms with van der Waals surface area (Å²) in [5, 5.41) is 3.23. The molecule has 6 heteroatoms. The van der Waals surface area contributed by atoms with E-state index in [1.54, 1.807) is 12.1 Å². The van der Waals surface area contributed by atoms with E-state index in [9.17, 15) is 8.42 Å². The van der Waals surface area contributed by atoms with Crippen LogP contribution in [0.4, 0.5) is 11.4 Å². The highest BCUT2D eigenvalue weighted by atomic mass is 32.2. The molecule has 0 amide bonds. The monoisotopic (exact) mass is 297 g/mol. The summed E-state index contributed by atoms with van der Waals surface area (Å²) >= 11 is 0. The van der Waals surface area contributed by atoms with Gasteiger partial charge in [0.05, 0.1) is 16.3 Å². The van der Waals surface area contributed by atoms with Crippen LogP contribution in [-0.4, -0.2) is 45.8 Å². The van der Waals surface area contributed by atoms with Crippen LogP contribution in [-0.2, 0) is 9.84 Å². The first kappa shape index (κ1) is 15.1. The van der Waals surface area contributed by atoms with E-state index in [-0.39, 0.29) is 4.90 Å². The molecule has 0 aromatic heterocycles. The molecule has 0 radical (unpaired) electrons. The molecule has 0 saturated carbocycles. The van der Waals surface area contributed by atoms with E-state index in [1.807, 2.05) is 6.07 Å². The topological polar surface area (TPSA) is 75.4 Å². The van der Waals surface area contributed by atoms with Crippen LogP contribution >= 0.6 is 0 Å². The number of nitrogens with one attached hydrogen (secondary N) is 1. The van der Waals surface area contributed by atoms with Crippen LogP contribution in [0.3, 0.4) is 0 Å². The highest BCUT2D eigenvalue weighted by molar-refractivity contribution is 7.90. The van der Waals surface area contributed by atoms with Crippen LogP contribution in [0.15, 0.2) is 23.1 Å². The average Bonchev–Trinajstić information content (AvgIpc) is 2.88. The fourth-order valence-corrected chi connectivity index (χ4v) is 3.39. The Morgan fingerprint density at radius 1 is 1.30 bits per heavy atom. The van der Waals surface area contributed by atoms with Gasteiger partial charge in [-0.2, -0.15) is 0 Å². The molecular weight excluding hydrogens is 274 g/mol. The van der Waals surface area contributed by atoms with Crippen molar-refractivity contribution in [1.29, 1.82) is 0 Å². The number of likely N-dealkylation sites (tertiary alicyclic amines) is 1. The Hall–Kier alpha value is -1.27. The number of hydrogen-bond donors (Lipinski definition) is 2. The molecule has 0 spiro atoms. The molecule has 0 bridgehead atoms. The van der Waals surface area contributed by atoms with Crippen molar-refractivity contribution < 1.29 is 8.42 Å². The lowest BCUT2D eigenvalue weighted by molar-refractivity contribution is 0.337. The van der Waals surface area contributed by atoms with Gasteiger partial charge in [0.2, 0.25) is 0 Å². The predicted molar refractivity (Wildman–Crippen MR) is 82.7 cm³/mol. The van der Waals surface area contributed by atoms with Gasteiger partial charge in [-0.1, -0.05) is 6.07 Å². The standard InChI is InChI=1S/C14H23N3O2S/c1-20(18,19)13-7-4-6-12(14(13)15)16-8-5-11-17-9-2-3-10-17/h4,6-7,16H,2-3,5,8-11,15H2,1H3. The minimum Gasteiger partial charge on any atom is -0.396 e. The number of nitrogen functional groups attached to an aromatic ring is 1. The van der Waals surface area contributed by atoms with Gasteiger partial charge in [0.1, 0.15) is 0 Å². The number of sulfone groups is 1. The van der Waals surface area contributed by atoms with Crippen LogP contribution in [0.25, 0.3) is 0 Å². The number of anilines is 2. The van der Waals surface area contributed by atoms with Gasteiger partial charge in [-0.05, 0) is 51.0 Å². The SMILES string of the molecule is CS(=O)(=O)c1cccc(NCCCN2CCCC2)c1N. The van der Waals surface area contributed by atoms with Crippen LogP contribution < -0.4 is 11.1 Å². The first-order valence-corrected chi connectivity index (χ1v) is 8.92. The van der Waals surface area contributed by atoms with Gasteiger partial charge in [-0.3, -0.25) is 0 Å². The minimum absolute atomic E-state index is 0.196. The lowest BCUT2D eigenvalue weighted by Gasteiger charge is -2.16. The quantitative estimate of drug-likeness (QED) is 0.616. The summed E-state index contributed by atoms with van der Waals surface area (Å²) in [6.45, 7) is 4.28. The Balaban J connectivity index is 1.89. The normalized spacial score (nSPS) is 16.4. The first-order chi connectivity index (χ1) is 9.48. The maximum absolute atomic E-state index is 11.6. The molecule has 1 aliphatic rings. The third kappa shape index (κ3) is 3.86. The lowest BCUT2D eigenvalue weighted by atomic mass is 10.2. The van der Waals surface area contributed by atoms with Gasteiger partial charge < -0.3 is 16.0 Å². The summed E-state index contributed by atoms with van der Waals surface area (Å²) in [4.78, 5) is 2.65. The van der Waals surface area contributed by atoms with E-state index in [2.05, 4.69) is 10.2 Å². The highest BCUT2D eigenvalue weighted by Crippen LogP contribution is 2.26. The summed E-state index contributed by atoms with van der Waals surface area (Å²) in [6.07, 6.45) is 4.81. The molecule has 1 saturated heterocycles. The fraction of sp³-hybridized carbons (Fsp3) is 0.571. The molecule has 1 heterocycles.